The third-order valence-electron chi connectivity index (χ3n) is 0.985. The van der Waals surface area contributed by atoms with Crippen LogP contribution in [0, 0.1) is 0 Å². The lowest BCUT2D eigenvalue weighted by Gasteiger charge is -1.96. The topological polar surface area (TPSA) is 108 Å². The van der Waals surface area contributed by atoms with Crippen molar-refractivity contribution in [3.8, 4) is 0 Å². The maximum atomic E-state index is 10.7. The molecule has 1 aromatic heterocycles. The van der Waals surface area contributed by atoms with Crippen LogP contribution in [-0.4, -0.2) is 20.7 Å². The first kappa shape index (κ1) is 7.39. The zero-order valence-electron chi connectivity index (χ0n) is 5.90. The minimum Gasteiger partial charge on any atom is -0.368 e. The largest absolute Gasteiger partial charge is 0.368 e. The average Bonchev–Trinajstić information content (AvgIpc) is 1.85. The molecule has 11 heavy (non-hydrogen) atoms. The van der Waals surface area contributed by atoms with Crippen molar-refractivity contribution in [1.29, 1.82) is 0 Å². The first-order valence-corrected chi connectivity index (χ1v) is 2.87. The third kappa shape index (κ3) is 1.60. The second-order valence-corrected chi connectivity index (χ2v) is 1.93. The van der Waals surface area contributed by atoms with Gasteiger partial charge in [-0.25, -0.2) is 0 Å². The van der Waals surface area contributed by atoms with E-state index in [1.165, 1.54) is 6.92 Å². The Morgan fingerprint density at radius 3 is 2.00 bits per heavy atom. The first-order valence-electron chi connectivity index (χ1n) is 2.87. The van der Waals surface area contributed by atoms with Crippen LogP contribution in [0.5, 0.6) is 0 Å². The molecule has 0 amide bonds. The van der Waals surface area contributed by atoms with E-state index in [9.17, 15) is 4.79 Å². The van der Waals surface area contributed by atoms with Crippen LogP contribution in [0.3, 0.4) is 0 Å². The fourth-order valence-corrected chi connectivity index (χ4v) is 0.567. The maximum absolute atomic E-state index is 10.7. The molecule has 0 saturated heterocycles. The molecule has 0 spiro atoms. The molecule has 0 atom stereocenters. The highest BCUT2D eigenvalue weighted by molar-refractivity contribution is 5.90. The van der Waals surface area contributed by atoms with E-state index in [4.69, 9.17) is 11.5 Å². The summed E-state index contributed by atoms with van der Waals surface area (Å²) in [5, 5.41) is 0. The molecule has 0 aromatic carbocycles. The van der Waals surface area contributed by atoms with Crippen molar-refractivity contribution < 1.29 is 4.79 Å². The summed E-state index contributed by atoms with van der Waals surface area (Å²) in [7, 11) is 0. The Bertz CT molecular complexity index is 277. The number of carbonyl (C=O) groups is 1. The van der Waals surface area contributed by atoms with Gasteiger partial charge in [-0.05, 0) is 0 Å². The summed E-state index contributed by atoms with van der Waals surface area (Å²) in [5.41, 5.74) is 10.4. The molecule has 58 valence electrons. The monoisotopic (exact) mass is 153 g/mol. The fourth-order valence-electron chi connectivity index (χ4n) is 0.567. The highest BCUT2D eigenvalue weighted by Crippen LogP contribution is 1.98. The second kappa shape index (κ2) is 2.49. The SMILES string of the molecule is CC(=O)c1nc(N)nc(N)n1. The summed E-state index contributed by atoms with van der Waals surface area (Å²) in [6.45, 7) is 1.33. The Kier molecular flexibility index (Phi) is 1.67. The van der Waals surface area contributed by atoms with Crippen LogP contribution >= 0.6 is 0 Å². The molecule has 0 aliphatic carbocycles. The van der Waals surface area contributed by atoms with Crippen molar-refractivity contribution in [2.75, 3.05) is 11.5 Å². The van der Waals surface area contributed by atoms with Crippen LogP contribution in [0.2, 0.25) is 0 Å². The number of carbonyl (C=O) groups excluding carboxylic acids is 1. The number of nitrogen functional groups attached to an aromatic ring is 2. The molecule has 0 saturated carbocycles. The van der Waals surface area contributed by atoms with E-state index in [0.29, 0.717) is 0 Å². The normalized spacial score (nSPS) is 9.55. The molecule has 1 aromatic rings. The van der Waals surface area contributed by atoms with Gasteiger partial charge in [-0.2, -0.15) is 15.0 Å². The summed E-state index contributed by atoms with van der Waals surface area (Å²) in [5.74, 6) is -0.369. The van der Waals surface area contributed by atoms with Crippen LogP contribution in [0.4, 0.5) is 11.9 Å². The number of hydrogen-bond acceptors (Lipinski definition) is 6. The fraction of sp³-hybridized carbons (Fsp3) is 0.200. The van der Waals surface area contributed by atoms with Crippen molar-refractivity contribution in [2.45, 2.75) is 6.92 Å². The second-order valence-electron chi connectivity index (χ2n) is 1.93. The summed E-state index contributed by atoms with van der Waals surface area (Å²) in [6.07, 6.45) is 0. The number of nitrogens with two attached hydrogens (primary N) is 2. The van der Waals surface area contributed by atoms with Gasteiger partial charge in [0.15, 0.2) is 5.78 Å². The lowest BCUT2D eigenvalue weighted by Crippen LogP contribution is -2.09. The number of ketones is 1. The van der Waals surface area contributed by atoms with Crippen LogP contribution in [0.25, 0.3) is 0 Å². The van der Waals surface area contributed by atoms with Crippen LogP contribution in [0.1, 0.15) is 17.5 Å². The molecule has 0 aliphatic heterocycles. The van der Waals surface area contributed by atoms with Gasteiger partial charge in [0.1, 0.15) is 0 Å². The molecule has 6 heteroatoms. The van der Waals surface area contributed by atoms with E-state index in [0.717, 1.165) is 0 Å². The number of anilines is 2. The summed E-state index contributed by atoms with van der Waals surface area (Å²) >= 11 is 0. The van der Waals surface area contributed by atoms with Crippen molar-refractivity contribution in [2.24, 2.45) is 0 Å². The summed E-state index contributed by atoms with van der Waals surface area (Å²) in [6, 6.07) is 0. The van der Waals surface area contributed by atoms with Gasteiger partial charge in [0.05, 0.1) is 0 Å². The van der Waals surface area contributed by atoms with E-state index in [-0.39, 0.29) is 23.5 Å². The molecule has 4 N–H and O–H groups in total. The lowest BCUT2D eigenvalue weighted by molar-refractivity contribution is 0.100. The van der Waals surface area contributed by atoms with Gasteiger partial charge in [-0.3, -0.25) is 4.79 Å². The average molecular weight is 153 g/mol. The smallest absolute Gasteiger partial charge is 0.225 e. The molecule has 1 heterocycles. The predicted octanol–water partition coefficient (Wildman–Crippen LogP) is -0.761. The summed E-state index contributed by atoms with van der Waals surface area (Å²) < 4.78 is 0. The van der Waals surface area contributed by atoms with Gasteiger partial charge < -0.3 is 11.5 Å². The molecular formula is C5H7N5O. The Labute approximate surface area is 62.7 Å². The van der Waals surface area contributed by atoms with Crippen LogP contribution in [-0.2, 0) is 0 Å². The lowest BCUT2D eigenvalue weighted by atomic mass is 10.4. The first-order chi connectivity index (χ1) is 5.09. The number of Topliss-reactive ketones (excluding diaryl/α,β-unsaturated/α-hetero) is 1. The van der Waals surface area contributed by atoms with Gasteiger partial charge in [0.25, 0.3) is 0 Å². The van der Waals surface area contributed by atoms with Gasteiger partial charge in [0, 0.05) is 6.92 Å². The Balaban J connectivity index is 3.19. The minimum atomic E-state index is -0.286. The van der Waals surface area contributed by atoms with Crippen molar-refractivity contribution in [1.82, 2.24) is 15.0 Å². The van der Waals surface area contributed by atoms with Crippen LogP contribution < -0.4 is 11.5 Å². The van der Waals surface area contributed by atoms with Gasteiger partial charge >= 0.3 is 0 Å². The predicted molar refractivity (Wildman–Crippen MR) is 38.7 cm³/mol. The Hall–Kier alpha value is -1.72. The number of nitrogens with zero attached hydrogens (tertiary/aromatic N) is 3. The zero-order valence-corrected chi connectivity index (χ0v) is 5.90. The van der Waals surface area contributed by atoms with E-state index >= 15 is 0 Å². The quantitative estimate of drug-likeness (QED) is 0.513. The number of rotatable bonds is 1. The van der Waals surface area contributed by atoms with Crippen molar-refractivity contribution >= 4 is 17.7 Å². The molecule has 0 bridgehead atoms. The minimum absolute atomic E-state index is 0.00463. The van der Waals surface area contributed by atoms with E-state index in [2.05, 4.69) is 15.0 Å². The van der Waals surface area contributed by atoms with Crippen LogP contribution in [0.15, 0.2) is 0 Å². The van der Waals surface area contributed by atoms with Gasteiger partial charge in [-0.15, -0.1) is 0 Å². The Morgan fingerprint density at radius 2 is 1.64 bits per heavy atom. The third-order valence-corrected chi connectivity index (χ3v) is 0.985. The number of aromatic nitrogens is 3. The highest BCUT2D eigenvalue weighted by atomic mass is 16.1. The number of hydrogen-bond donors (Lipinski definition) is 2. The Morgan fingerprint density at radius 1 is 1.18 bits per heavy atom. The van der Waals surface area contributed by atoms with Gasteiger partial charge in [0.2, 0.25) is 17.7 Å². The molecule has 1 rings (SSSR count). The van der Waals surface area contributed by atoms with Crippen molar-refractivity contribution in [3.63, 3.8) is 0 Å². The zero-order chi connectivity index (χ0) is 8.43. The van der Waals surface area contributed by atoms with Gasteiger partial charge in [-0.1, -0.05) is 0 Å². The maximum Gasteiger partial charge on any atom is 0.225 e. The standard InChI is InChI=1S/C5H7N5O/c1-2(11)3-8-4(6)10-5(7)9-3/h1H3,(H4,6,7,8,9,10). The molecule has 0 aliphatic rings. The molecule has 0 radical (unpaired) electrons. The molecule has 0 unspecified atom stereocenters. The van der Waals surface area contributed by atoms with E-state index < -0.39 is 0 Å². The molecule has 6 nitrogen and oxygen atoms in total. The summed E-state index contributed by atoms with van der Waals surface area (Å²) in [4.78, 5) is 21.3. The highest BCUT2D eigenvalue weighted by Gasteiger charge is 2.05. The van der Waals surface area contributed by atoms with Crippen molar-refractivity contribution in [3.05, 3.63) is 5.82 Å². The molecular weight excluding hydrogens is 146 g/mol. The van der Waals surface area contributed by atoms with E-state index in [1.54, 1.807) is 0 Å². The molecule has 0 fully saturated rings. The van der Waals surface area contributed by atoms with E-state index in [1.807, 2.05) is 0 Å².